The van der Waals surface area contributed by atoms with Gasteiger partial charge in [-0.2, -0.15) is 0 Å². The van der Waals surface area contributed by atoms with Crippen LogP contribution in [0.15, 0.2) is 42.7 Å². The number of nitrogens with zero attached hydrogens (tertiary/aromatic N) is 3. The molecule has 0 unspecified atom stereocenters. The lowest BCUT2D eigenvalue weighted by Gasteiger charge is -2.24. The maximum absolute atomic E-state index is 12.5. The van der Waals surface area contributed by atoms with E-state index in [4.69, 9.17) is 4.74 Å². The van der Waals surface area contributed by atoms with Gasteiger partial charge in [0.1, 0.15) is 0 Å². The third-order valence-electron chi connectivity index (χ3n) is 3.95. The zero-order chi connectivity index (χ0) is 16.1. The summed E-state index contributed by atoms with van der Waals surface area (Å²) in [5.74, 6) is -0.173. The van der Waals surface area contributed by atoms with Gasteiger partial charge in [-0.1, -0.05) is 6.07 Å². The van der Waals surface area contributed by atoms with E-state index < -0.39 is 6.67 Å². The Bertz CT molecular complexity index is 644. The molecule has 0 fully saturated rings. The van der Waals surface area contributed by atoms with Crippen LogP contribution in [-0.4, -0.2) is 39.7 Å². The Morgan fingerprint density at radius 3 is 3.00 bits per heavy atom. The van der Waals surface area contributed by atoms with Gasteiger partial charge in [-0.25, -0.2) is 0 Å². The summed E-state index contributed by atoms with van der Waals surface area (Å²) in [4.78, 5) is 18.0. The van der Waals surface area contributed by atoms with Crippen LogP contribution in [0.3, 0.4) is 0 Å². The van der Waals surface area contributed by atoms with Crippen LogP contribution >= 0.6 is 0 Å². The molecular formula is C17H20FN3O2. The van der Waals surface area contributed by atoms with E-state index in [0.29, 0.717) is 26.2 Å². The van der Waals surface area contributed by atoms with Crippen LogP contribution in [0, 0.1) is 0 Å². The standard InChI is InChI=1S/C17H20FN3O2/c18-7-6-17(22)21-10-15-5-3-9-20(15)11-16(12-21)23-13-14-4-1-2-8-19-14/h1-5,8-9,16H,6-7,10-13H2/t16-/m0/s1. The molecule has 0 bridgehead atoms. The fourth-order valence-corrected chi connectivity index (χ4v) is 2.78. The first-order valence-electron chi connectivity index (χ1n) is 7.75. The summed E-state index contributed by atoms with van der Waals surface area (Å²) in [5.41, 5.74) is 1.90. The van der Waals surface area contributed by atoms with Crippen molar-refractivity contribution >= 4 is 5.91 Å². The molecule has 0 aromatic carbocycles. The molecule has 0 N–H and O–H groups in total. The molecule has 2 aromatic rings. The van der Waals surface area contributed by atoms with Crippen LogP contribution < -0.4 is 0 Å². The predicted octanol–water partition coefficient (Wildman–Crippen LogP) is 2.17. The summed E-state index contributed by atoms with van der Waals surface area (Å²) in [6.45, 7) is 1.40. The molecule has 1 amide bonds. The van der Waals surface area contributed by atoms with Crippen molar-refractivity contribution in [1.82, 2.24) is 14.5 Å². The Morgan fingerprint density at radius 2 is 2.22 bits per heavy atom. The molecule has 1 aliphatic rings. The van der Waals surface area contributed by atoms with Crippen LogP contribution in [0.4, 0.5) is 4.39 Å². The van der Waals surface area contributed by atoms with E-state index in [2.05, 4.69) is 9.55 Å². The lowest BCUT2D eigenvalue weighted by molar-refractivity contribution is -0.134. The minimum atomic E-state index is -0.629. The van der Waals surface area contributed by atoms with Crippen molar-refractivity contribution in [2.24, 2.45) is 0 Å². The second kappa shape index (κ2) is 7.37. The summed E-state index contributed by atoms with van der Waals surface area (Å²) >= 11 is 0. The molecule has 122 valence electrons. The molecule has 5 nitrogen and oxygen atoms in total. The summed E-state index contributed by atoms with van der Waals surface area (Å²) in [6.07, 6.45) is 3.49. The number of alkyl halides is 1. The molecule has 0 spiro atoms. The highest BCUT2D eigenvalue weighted by Crippen LogP contribution is 2.17. The maximum atomic E-state index is 12.5. The number of aromatic nitrogens is 2. The van der Waals surface area contributed by atoms with E-state index >= 15 is 0 Å². The first kappa shape index (κ1) is 15.7. The Morgan fingerprint density at radius 1 is 1.30 bits per heavy atom. The monoisotopic (exact) mass is 317 g/mol. The number of pyridine rings is 1. The van der Waals surface area contributed by atoms with Crippen LogP contribution in [0.1, 0.15) is 17.8 Å². The molecule has 3 rings (SSSR count). The third kappa shape index (κ3) is 3.96. The van der Waals surface area contributed by atoms with E-state index in [1.54, 1.807) is 11.1 Å². The number of carbonyl (C=O) groups is 1. The second-order valence-electron chi connectivity index (χ2n) is 5.62. The molecule has 3 heterocycles. The molecule has 1 atom stereocenters. The normalized spacial score (nSPS) is 17.6. The largest absolute Gasteiger partial charge is 0.368 e. The van der Waals surface area contributed by atoms with Crippen molar-refractivity contribution < 1.29 is 13.9 Å². The molecule has 0 saturated carbocycles. The van der Waals surface area contributed by atoms with Gasteiger partial charge in [-0.15, -0.1) is 0 Å². The Balaban J connectivity index is 1.70. The second-order valence-corrected chi connectivity index (χ2v) is 5.62. The number of halogens is 1. The number of amides is 1. The summed E-state index contributed by atoms with van der Waals surface area (Å²) in [7, 11) is 0. The van der Waals surface area contributed by atoms with E-state index in [0.717, 1.165) is 11.4 Å². The highest BCUT2D eigenvalue weighted by molar-refractivity contribution is 5.76. The topological polar surface area (TPSA) is 47.4 Å². The van der Waals surface area contributed by atoms with Gasteiger partial charge in [0, 0.05) is 24.6 Å². The van der Waals surface area contributed by atoms with Gasteiger partial charge >= 0.3 is 0 Å². The van der Waals surface area contributed by atoms with Crippen molar-refractivity contribution in [2.75, 3.05) is 13.2 Å². The van der Waals surface area contributed by atoms with Gasteiger partial charge in [0.05, 0.1) is 44.6 Å². The SMILES string of the molecule is O=C(CCF)N1Cc2cccn2C[C@H](OCc2ccccn2)C1. The van der Waals surface area contributed by atoms with E-state index in [9.17, 15) is 9.18 Å². The fourth-order valence-electron chi connectivity index (χ4n) is 2.78. The Hall–Kier alpha value is -2.21. The zero-order valence-electron chi connectivity index (χ0n) is 12.9. The maximum Gasteiger partial charge on any atom is 0.225 e. The van der Waals surface area contributed by atoms with Gasteiger partial charge in [0.15, 0.2) is 0 Å². The molecule has 0 aliphatic carbocycles. The van der Waals surface area contributed by atoms with Crippen molar-refractivity contribution in [3.8, 4) is 0 Å². The van der Waals surface area contributed by atoms with E-state index in [1.807, 2.05) is 36.5 Å². The Labute approximate surface area is 134 Å². The number of fused-ring (bicyclic) bond motifs is 1. The third-order valence-corrected chi connectivity index (χ3v) is 3.95. The lowest BCUT2D eigenvalue weighted by Crippen LogP contribution is -2.37. The van der Waals surface area contributed by atoms with Gasteiger partial charge in [-0.05, 0) is 24.3 Å². The number of hydrogen-bond donors (Lipinski definition) is 0. The molecule has 23 heavy (non-hydrogen) atoms. The highest BCUT2D eigenvalue weighted by atomic mass is 19.1. The first-order chi connectivity index (χ1) is 11.3. The van der Waals surface area contributed by atoms with Gasteiger partial charge in [-0.3, -0.25) is 14.2 Å². The number of carbonyl (C=O) groups excluding carboxylic acids is 1. The van der Waals surface area contributed by atoms with Gasteiger partial charge < -0.3 is 14.2 Å². The molecule has 2 aromatic heterocycles. The summed E-state index contributed by atoms with van der Waals surface area (Å²) < 4.78 is 20.6. The number of hydrogen-bond acceptors (Lipinski definition) is 3. The summed E-state index contributed by atoms with van der Waals surface area (Å²) in [6, 6.07) is 9.62. The van der Waals surface area contributed by atoms with E-state index in [1.165, 1.54) is 0 Å². The van der Waals surface area contributed by atoms with Crippen LogP contribution in [0.5, 0.6) is 0 Å². The average molecular weight is 317 g/mol. The quantitative estimate of drug-likeness (QED) is 0.849. The molecule has 6 heteroatoms. The van der Waals surface area contributed by atoms with Crippen molar-refractivity contribution in [3.05, 3.63) is 54.1 Å². The zero-order valence-corrected chi connectivity index (χ0v) is 12.9. The van der Waals surface area contributed by atoms with Crippen LogP contribution in [0.25, 0.3) is 0 Å². The Kier molecular flexibility index (Phi) is 5.02. The average Bonchev–Trinajstić information content (AvgIpc) is 2.92. The van der Waals surface area contributed by atoms with Crippen LogP contribution in [-0.2, 0) is 29.2 Å². The minimum Gasteiger partial charge on any atom is -0.368 e. The van der Waals surface area contributed by atoms with Gasteiger partial charge in [0.25, 0.3) is 0 Å². The lowest BCUT2D eigenvalue weighted by atomic mass is 10.3. The van der Waals surface area contributed by atoms with Crippen molar-refractivity contribution in [1.29, 1.82) is 0 Å². The van der Waals surface area contributed by atoms with Crippen molar-refractivity contribution in [3.63, 3.8) is 0 Å². The predicted molar refractivity (Wildman–Crippen MR) is 83.3 cm³/mol. The number of rotatable bonds is 5. The fraction of sp³-hybridized carbons (Fsp3) is 0.412. The molecular weight excluding hydrogens is 297 g/mol. The molecule has 1 aliphatic heterocycles. The molecule has 0 radical (unpaired) electrons. The van der Waals surface area contributed by atoms with Crippen molar-refractivity contribution in [2.45, 2.75) is 32.2 Å². The minimum absolute atomic E-state index is 0.0757. The van der Waals surface area contributed by atoms with Gasteiger partial charge in [0.2, 0.25) is 5.91 Å². The highest BCUT2D eigenvalue weighted by Gasteiger charge is 2.25. The summed E-state index contributed by atoms with van der Waals surface area (Å²) in [5, 5.41) is 0. The molecule has 0 saturated heterocycles. The van der Waals surface area contributed by atoms with Crippen LogP contribution in [0.2, 0.25) is 0 Å². The number of ether oxygens (including phenoxy) is 1. The first-order valence-corrected chi connectivity index (χ1v) is 7.75. The van der Waals surface area contributed by atoms with E-state index in [-0.39, 0.29) is 18.4 Å². The smallest absolute Gasteiger partial charge is 0.225 e.